The molecule has 1 heterocycles. The van der Waals surface area contributed by atoms with Gasteiger partial charge in [-0.3, -0.25) is 9.59 Å². The van der Waals surface area contributed by atoms with Gasteiger partial charge in [-0.15, -0.1) is 0 Å². The topological polar surface area (TPSA) is 49.4 Å². The Morgan fingerprint density at radius 3 is 2.48 bits per heavy atom. The van der Waals surface area contributed by atoms with Crippen LogP contribution in [-0.2, 0) is 16.0 Å². The number of nitrogens with zero attached hydrogens (tertiary/aromatic N) is 1. The first-order valence-electron chi connectivity index (χ1n) is 7.71. The van der Waals surface area contributed by atoms with Crippen LogP contribution in [0.5, 0.6) is 0 Å². The van der Waals surface area contributed by atoms with Gasteiger partial charge in [0.2, 0.25) is 11.8 Å². The van der Waals surface area contributed by atoms with E-state index in [1.807, 2.05) is 0 Å². The van der Waals surface area contributed by atoms with Crippen molar-refractivity contribution in [2.45, 2.75) is 18.9 Å². The molecule has 0 radical (unpaired) electrons. The van der Waals surface area contributed by atoms with E-state index in [-0.39, 0.29) is 30.7 Å². The Balaban J connectivity index is 1.62. The van der Waals surface area contributed by atoms with Crippen LogP contribution in [0.15, 0.2) is 42.5 Å². The van der Waals surface area contributed by atoms with Gasteiger partial charge in [0.25, 0.3) is 0 Å². The normalized spacial score (nSPS) is 17.0. The minimum atomic E-state index is -0.242. The lowest BCUT2D eigenvalue weighted by Gasteiger charge is -2.17. The van der Waals surface area contributed by atoms with Crippen molar-refractivity contribution < 1.29 is 9.59 Å². The molecule has 0 spiro atoms. The van der Waals surface area contributed by atoms with Crippen LogP contribution in [0.1, 0.15) is 12.0 Å². The predicted molar refractivity (Wildman–Crippen MR) is 101 cm³/mol. The molecule has 1 fully saturated rings. The maximum atomic E-state index is 12.3. The standard InChI is InChI=1S/C18H15Cl3N2O2/c19-12-1-4-15(5-2-12)23-10-14(9-18(23)25)22-17(24)8-11-7-13(20)3-6-16(11)21/h1-7,14H,8-10H2,(H,22,24). The smallest absolute Gasteiger partial charge is 0.229 e. The molecule has 130 valence electrons. The molecule has 1 unspecified atom stereocenters. The van der Waals surface area contributed by atoms with Crippen molar-refractivity contribution in [3.05, 3.63) is 63.1 Å². The Morgan fingerprint density at radius 2 is 1.76 bits per heavy atom. The molecule has 1 atom stereocenters. The van der Waals surface area contributed by atoms with E-state index in [9.17, 15) is 9.59 Å². The number of halogens is 3. The molecule has 1 N–H and O–H groups in total. The molecule has 2 aromatic carbocycles. The molecular formula is C18H15Cl3N2O2. The van der Waals surface area contributed by atoms with Gasteiger partial charge in [-0.2, -0.15) is 0 Å². The summed E-state index contributed by atoms with van der Waals surface area (Å²) in [6.07, 6.45) is 0.378. The fraction of sp³-hybridized carbons (Fsp3) is 0.222. The second kappa shape index (κ2) is 7.65. The Hall–Kier alpha value is -1.75. The lowest BCUT2D eigenvalue weighted by Crippen LogP contribution is -2.38. The first kappa shape index (κ1) is 18.1. The molecule has 0 aliphatic carbocycles. The fourth-order valence-corrected chi connectivity index (χ4v) is 3.31. The van der Waals surface area contributed by atoms with Crippen molar-refractivity contribution in [3.63, 3.8) is 0 Å². The lowest BCUT2D eigenvalue weighted by atomic mass is 10.1. The third kappa shape index (κ3) is 4.46. The van der Waals surface area contributed by atoms with Gasteiger partial charge >= 0.3 is 0 Å². The second-order valence-corrected chi connectivity index (χ2v) is 7.14. The highest BCUT2D eigenvalue weighted by molar-refractivity contribution is 6.33. The highest BCUT2D eigenvalue weighted by atomic mass is 35.5. The summed E-state index contributed by atoms with van der Waals surface area (Å²) in [6.45, 7) is 0.426. The third-order valence-corrected chi connectivity index (χ3v) is 4.84. The van der Waals surface area contributed by atoms with E-state index in [1.54, 1.807) is 47.4 Å². The summed E-state index contributed by atoms with van der Waals surface area (Å²) in [5, 5.41) is 4.51. The van der Waals surface area contributed by atoms with E-state index in [0.29, 0.717) is 27.2 Å². The molecule has 1 aliphatic heterocycles. The fourth-order valence-electron chi connectivity index (χ4n) is 2.81. The zero-order valence-electron chi connectivity index (χ0n) is 13.1. The first-order chi connectivity index (χ1) is 11.9. The monoisotopic (exact) mass is 396 g/mol. The number of anilines is 1. The van der Waals surface area contributed by atoms with Gasteiger partial charge in [0.15, 0.2) is 0 Å². The van der Waals surface area contributed by atoms with E-state index >= 15 is 0 Å². The van der Waals surface area contributed by atoms with Crippen LogP contribution in [0.3, 0.4) is 0 Å². The van der Waals surface area contributed by atoms with Crippen LogP contribution < -0.4 is 10.2 Å². The number of hydrogen-bond acceptors (Lipinski definition) is 2. The summed E-state index contributed by atoms with van der Waals surface area (Å²) in [5.74, 6) is -0.228. The summed E-state index contributed by atoms with van der Waals surface area (Å²) < 4.78 is 0. The highest BCUT2D eigenvalue weighted by Crippen LogP contribution is 2.24. The Labute approximate surface area is 160 Å². The van der Waals surface area contributed by atoms with Gasteiger partial charge < -0.3 is 10.2 Å². The van der Waals surface area contributed by atoms with E-state index in [4.69, 9.17) is 34.8 Å². The average molecular weight is 398 g/mol. The van der Waals surface area contributed by atoms with E-state index in [1.165, 1.54) is 0 Å². The van der Waals surface area contributed by atoms with Crippen LogP contribution >= 0.6 is 34.8 Å². The van der Waals surface area contributed by atoms with Crippen molar-refractivity contribution in [1.82, 2.24) is 5.32 Å². The predicted octanol–water partition coefficient (Wildman–Crippen LogP) is 4.11. The van der Waals surface area contributed by atoms with Gasteiger partial charge in [0, 0.05) is 33.7 Å². The minimum Gasteiger partial charge on any atom is -0.351 e. The molecule has 3 rings (SSSR count). The Morgan fingerprint density at radius 1 is 1.08 bits per heavy atom. The van der Waals surface area contributed by atoms with Crippen molar-refractivity contribution in [2.24, 2.45) is 0 Å². The summed E-state index contributed by atoms with van der Waals surface area (Å²) in [4.78, 5) is 26.1. The third-order valence-electron chi connectivity index (χ3n) is 3.99. The van der Waals surface area contributed by atoms with E-state index in [2.05, 4.69) is 5.32 Å². The van der Waals surface area contributed by atoms with Gasteiger partial charge in [0.05, 0.1) is 12.5 Å². The Bertz CT molecular complexity index is 808. The maximum absolute atomic E-state index is 12.3. The quantitative estimate of drug-likeness (QED) is 0.844. The lowest BCUT2D eigenvalue weighted by molar-refractivity contribution is -0.121. The second-order valence-electron chi connectivity index (χ2n) is 5.86. The molecule has 25 heavy (non-hydrogen) atoms. The molecule has 2 aromatic rings. The molecule has 2 amide bonds. The highest BCUT2D eigenvalue weighted by Gasteiger charge is 2.31. The van der Waals surface area contributed by atoms with Crippen molar-refractivity contribution >= 4 is 52.3 Å². The summed E-state index contributed by atoms with van der Waals surface area (Å²) in [5.41, 5.74) is 1.43. The van der Waals surface area contributed by atoms with Gasteiger partial charge in [-0.25, -0.2) is 0 Å². The number of benzene rings is 2. The van der Waals surface area contributed by atoms with E-state index in [0.717, 1.165) is 5.69 Å². The Kier molecular flexibility index (Phi) is 5.52. The van der Waals surface area contributed by atoms with Crippen LogP contribution in [0, 0.1) is 0 Å². The summed E-state index contributed by atoms with van der Waals surface area (Å²) >= 11 is 17.9. The van der Waals surface area contributed by atoms with Crippen LogP contribution in [-0.4, -0.2) is 24.4 Å². The number of rotatable bonds is 4. The van der Waals surface area contributed by atoms with Crippen molar-refractivity contribution in [2.75, 3.05) is 11.4 Å². The number of carbonyl (C=O) groups excluding carboxylic acids is 2. The van der Waals surface area contributed by atoms with Crippen molar-refractivity contribution in [3.8, 4) is 0 Å². The molecule has 1 aliphatic rings. The van der Waals surface area contributed by atoms with Gasteiger partial charge in [-0.05, 0) is 48.0 Å². The molecular weight excluding hydrogens is 383 g/mol. The number of carbonyl (C=O) groups is 2. The molecule has 0 saturated carbocycles. The molecule has 0 bridgehead atoms. The summed E-state index contributed by atoms with van der Waals surface area (Å²) in [7, 11) is 0. The zero-order valence-corrected chi connectivity index (χ0v) is 15.4. The summed E-state index contributed by atoms with van der Waals surface area (Å²) in [6, 6.07) is 11.8. The molecule has 1 saturated heterocycles. The van der Waals surface area contributed by atoms with Gasteiger partial charge in [0.1, 0.15) is 0 Å². The van der Waals surface area contributed by atoms with Gasteiger partial charge in [-0.1, -0.05) is 34.8 Å². The number of hydrogen-bond donors (Lipinski definition) is 1. The number of amides is 2. The van der Waals surface area contributed by atoms with Crippen LogP contribution in [0.25, 0.3) is 0 Å². The van der Waals surface area contributed by atoms with Crippen molar-refractivity contribution in [1.29, 1.82) is 0 Å². The maximum Gasteiger partial charge on any atom is 0.229 e. The number of nitrogens with one attached hydrogen (secondary N) is 1. The van der Waals surface area contributed by atoms with E-state index < -0.39 is 0 Å². The average Bonchev–Trinajstić information content (AvgIpc) is 2.92. The minimum absolute atomic E-state index is 0.0339. The molecule has 4 nitrogen and oxygen atoms in total. The SMILES string of the molecule is O=C(Cc1cc(Cl)ccc1Cl)NC1CC(=O)N(c2ccc(Cl)cc2)C1. The van der Waals surface area contributed by atoms with Crippen LogP contribution in [0.4, 0.5) is 5.69 Å². The van der Waals surface area contributed by atoms with Crippen LogP contribution in [0.2, 0.25) is 15.1 Å². The largest absolute Gasteiger partial charge is 0.351 e. The zero-order chi connectivity index (χ0) is 18.0. The molecule has 7 heteroatoms. The molecule has 0 aromatic heterocycles. The first-order valence-corrected chi connectivity index (χ1v) is 8.85.